The number of pyridine rings is 1. The van der Waals surface area contributed by atoms with Crippen LogP contribution in [0.3, 0.4) is 0 Å². The first-order valence-electron chi connectivity index (χ1n) is 7.80. The fourth-order valence-electron chi connectivity index (χ4n) is 2.28. The number of nitrogens with one attached hydrogen (secondary N) is 1. The van der Waals surface area contributed by atoms with Crippen LogP contribution in [0.15, 0.2) is 42.6 Å². The minimum absolute atomic E-state index is 0.126. The molecule has 2 rings (SSSR count). The van der Waals surface area contributed by atoms with E-state index >= 15 is 0 Å². The predicted molar refractivity (Wildman–Crippen MR) is 92.0 cm³/mol. The van der Waals surface area contributed by atoms with Crippen LogP contribution in [0.25, 0.3) is 0 Å². The number of ether oxygens (including phenoxy) is 1. The summed E-state index contributed by atoms with van der Waals surface area (Å²) in [6.45, 7) is 6.43. The number of carbonyl (C=O) groups is 1. The number of aromatic nitrogens is 1. The van der Waals surface area contributed by atoms with Crippen molar-refractivity contribution < 1.29 is 9.53 Å². The van der Waals surface area contributed by atoms with Crippen LogP contribution < -0.4 is 15.0 Å². The standard InChI is InChI=1S/C18H23N3O2/c1-4-21(5-2)17-11-8-15(13-19-17)18(22)20-12-14-6-9-16(23-3)10-7-14/h6-11,13H,4-5,12H2,1-3H3,(H,20,22). The third kappa shape index (κ3) is 4.45. The van der Waals surface area contributed by atoms with Crippen molar-refractivity contribution in [2.75, 3.05) is 25.1 Å². The fraction of sp³-hybridized carbons (Fsp3) is 0.333. The van der Waals surface area contributed by atoms with Gasteiger partial charge in [-0.3, -0.25) is 4.79 Å². The van der Waals surface area contributed by atoms with E-state index in [4.69, 9.17) is 4.74 Å². The highest BCUT2D eigenvalue weighted by Gasteiger charge is 2.08. The lowest BCUT2D eigenvalue weighted by molar-refractivity contribution is 0.0950. The van der Waals surface area contributed by atoms with Crippen LogP contribution in [0.4, 0.5) is 5.82 Å². The van der Waals surface area contributed by atoms with Gasteiger partial charge in [-0.05, 0) is 43.7 Å². The lowest BCUT2D eigenvalue weighted by atomic mass is 10.2. The molecule has 0 saturated carbocycles. The van der Waals surface area contributed by atoms with Crippen LogP contribution in [0.5, 0.6) is 5.75 Å². The Kier molecular flexibility index (Phi) is 5.97. The molecule has 0 radical (unpaired) electrons. The largest absolute Gasteiger partial charge is 0.497 e. The fourth-order valence-corrected chi connectivity index (χ4v) is 2.28. The molecule has 122 valence electrons. The monoisotopic (exact) mass is 313 g/mol. The van der Waals surface area contributed by atoms with Crippen LogP contribution in [-0.4, -0.2) is 31.1 Å². The Morgan fingerprint density at radius 1 is 1.13 bits per heavy atom. The smallest absolute Gasteiger partial charge is 0.253 e. The summed E-state index contributed by atoms with van der Waals surface area (Å²) in [5.74, 6) is 1.57. The maximum absolute atomic E-state index is 12.2. The second-order valence-corrected chi connectivity index (χ2v) is 5.11. The van der Waals surface area contributed by atoms with E-state index in [1.165, 1.54) is 0 Å². The Labute approximate surface area is 137 Å². The van der Waals surface area contributed by atoms with Gasteiger partial charge >= 0.3 is 0 Å². The van der Waals surface area contributed by atoms with Gasteiger partial charge in [-0.1, -0.05) is 12.1 Å². The summed E-state index contributed by atoms with van der Waals surface area (Å²) < 4.78 is 5.11. The average Bonchev–Trinajstić information content (AvgIpc) is 2.61. The van der Waals surface area contributed by atoms with E-state index in [0.717, 1.165) is 30.2 Å². The molecule has 1 aromatic heterocycles. The summed E-state index contributed by atoms with van der Waals surface area (Å²) in [6, 6.07) is 11.3. The van der Waals surface area contributed by atoms with Gasteiger partial charge in [0.2, 0.25) is 0 Å². The van der Waals surface area contributed by atoms with Crippen molar-refractivity contribution >= 4 is 11.7 Å². The van der Waals surface area contributed by atoms with E-state index < -0.39 is 0 Å². The molecule has 0 fully saturated rings. The van der Waals surface area contributed by atoms with Gasteiger partial charge in [0.1, 0.15) is 11.6 Å². The van der Waals surface area contributed by atoms with E-state index in [0.29, 0.717) is 12.1 Å². The normalized spacial score (nSPS) is 10.2. The third-order valence-electron chi connectivity index (χ3n) is 3.71. The third-order valence-corrected chi connectivity index (χ3v) is 3.71. The summed E-state index contributed by atoms with van der Waals surface area (Å²) in [6.07, 6.45) is 1.62. The van der Waals surface area contributed by atoms with Gasteiger partial charge in [-0.25, -0.2) is 4.98 Å². The summed E-state index contributed by atoms with van der Waals surface area (Å²) in [5, 5.41) is 2.90. The first-order valence-corrected chi connectivity index (χ1v) is 7.80. The first kappa shape index (κ1) is 16.8. The lowest BCUT2D eigenvalue weighted by Crippen LogP contribution is -2.25. The average molecular weight is 313 g/mol. The van der Waals surface area contributed by atoms with Gasteiger partial charge in [-0.2, -0.15) is 0 Å². The maximum Gasteiger partial charge on any atom is 0.253 e. The van der Waals surface area contributed by atoms with Crippen LogP contribution >= 0.6 is 0 Å². The molecule has 2 aromatic rings. The molecule has 0 unspecified atom stereocenters. The van der Waals surface area contributed by atoms with Gasteiger partial charge in [0.15, 0.2) is 0 Å². The van der Waals surface area contributed by atoms with E-state index in [1.54, 1.807) is 13.3 Å². The number of nitrogens with zero attached hydrogens (tertiary/aromatic N) is 2. The zero-order valence-electron chi connectivity index (χ0n) is 13.9. The van der Waals surface area contributed by atoms with Gasteiger partial charge in [0, 0.05) is 25.8 Å². The summed E-state index contributed by atoms with van der Waals surface area (Å²) >= 11 is 0. The van der Waals surface area contributed by atoms with E-state index in [9.17, 15) is 4.79 Å². The van der Waals surface area contributed by atoms with Crippen molar-refractivity contribution in [1.82, 2.24) is 10.3 Å². The minimum atomic E-state index is -0.126. The van der Waals surface area contributed by atoms with E-state index in [2.05, 4.69) is 29.0 Å². The second-order valence-electron chi connectivity index (χ2n) is 5.11. The topological polar surface area (TPSA) is 54.5 Å². The molecule has 23 heavy (non-hydrogen) atoms. The Hall–Kier alpha value is -2.56. The molecule has 0 spiro atoms. The summed E-state index contributed by atoms with van der Waals surface area (Å²) in [5.41, 5.74) is 1.58. The number of amides is 1. The van der Waals surface area contributed by atoms with Crippen LogP contribution in [0.2, 0.25) is 0 Å². The van der Waals surface area contributed by atoms with Gasteiger partial charge in [0.25, 0.3) is 5.91 Å². The number of rotatable bonds is 7. The molecule has 1 amide bonds. The van der Waals surface area contributed by atoms with Gasteiger partial charge < -0.3 is 15.0 Å². The number of benzene rings is 1. The zero-order valence-corrected chi connectivity index (χ0v) is 13.9. The Balaban J connectivity index is 1.94. The number of anilines is 1. The molecule has 5 nitrogen and oxygen atoms in total. The molecule has 0 aliphatic carbocycles. The Bertz CT molecular complexity index is 620. The van der Waals surface area contributed by atoms with E-state index in [1.807, 2.05) is 36.4 Å². The van der Waals surface area contributed by atoms with Crippen molar-refractivity contribution in [1.29, 1.82) is 0 Å². The highest BCUT2D eigenvalue weighted by Crippen LogP contribution is 2.12. The summed E-state index contributed by atoms with van der Waals surface area (Å²) in [7, 11) is 1.63. The Morgan fingerprint density at radius 2 is 1.83 bits per heavy atom. The molecular formula is C18H23N3O2. The molecule has 0 saturated heterocycles. The molecule has 1 aromatic carbocycles. The van der Waals surface area contributed by atoms with Gasteiger partial charge in [0.05, 0.1) is 12.7 Å². The molecule has 1 heterocycles. The lowest BCUT2D eigenvalue weighted by Gasteiger charge is -2.19. The Morgan fingerprint density at radius 3 is 2.35 bits per heavy atom. The second kappa shape index (κ2) is 8.17. The number of carbonyl (C=O) groups excluding carboxylic acids is 1. The summed E-state index contributed by atoms with van der Waals surface area (Å²) in [4.78, 5) is 18.7. The number of hydrogen-bond donors (Lipinski definition) is 1. The quantitative estimate of drug-likeness (QED) is 0.854. The van der Waals surface area contributed by atoms with Crippen molar-refractivity contribution in [3.05, 3.63) is 53.7 Å². The highest BCUT2D eigenvalue weighted by atomic mass is 16.5. The predicted octanol–water partition coefficient (Wildman–Crippen LogP) is 2.87. The molecule has 1 N–H and O–H groups in total. The van der Waals surface area contributed by atoms with Crippen LogP contribution in [0.1, 0.15) is 29.8 Å². The molecule has 5 heteroatoms. The molecule has 0 aliphatic rings. The number of methoxy groups -OCH3 is 1. The van der Waals surface area contributed by atoms with Crippen molar-refractivity contribution in [2.24, 2.45) is 0 Å². The SMILES string of the molecule is CCN(CC)c1ccc(C(=O)NCc2ccc(OC)cc2)cn1. The minimum Gasteiger partial charge on any atom is -0.497 e. The van der Waals surface area contributed by atoms with Crippen molar-refractivity contribution in [3.8, 4) is 5.75 Å². The zero-order chi connectivity index (χ0) is 16.7. The van der Waals surface area contributed by atoms with Crippen LogP contribution in [-0.2, 0) is 6.54 Å². The maximum atomic E-state index is 12.2. The molecule has 0 bridgehead atoms. The van der Waals surface area contributed by atoms with E-state index in [-0.39, 0.29) is 5.91 Å². The molecular weight excluding hydrogens is 290 g/mol. The molecule has 0 atom stereocenters. The molecule has 0 aliphatic heterocycles. The number of hydrogen-bond acceptors (Lipinski definition) is 4. The van der Waals surface area contributed by atoms with Crippen molar-refractivity contribution in [3.63, 3.8) is 0 Å². The van der Waals surface area contributed by atoms with Crippen LogP contribution in [0, 0.1) is 0 Å². The highest BCUT2D eigenvalue weighted by molar-refractivity contribution is 5.94. The van der Waals surface area contributed by atoms with Crippen molar-refractivity contribution in [2.45, 2.75) is 20.4 Å². The van der Waals surface area contributed by atoms with Gasteiger partial charge in [-0.15, -0.1) is 0 Å². The first-order chi connectivity index (χ1) is 11.2.